The van der Waals surface area contributed by atoms with Gasteiger partial charge in [-0.15, -0.1) is 0 Å². The van der Waals surface area contributed by atoms with Crippen molar-refractivity contribution in [3.63, 3.8) is 0 Å². The number of nitrogens with one attached hydrogen (secondary N) is 2. The van der Waals surface area contributed by atoms with Crippen molar-refractivity contribution < 1.29 is 14.0 Å². The summed E-state index contributed by atoms with van der Waals surface area (Å²) in [4.78, 5) is 25.4. The zero-order valence-electron chi connectivity index (χ0n) is 13.3. The molecule has 1 saturated heterocycles. The molecule has 2 aromatic rings. The van der Waals surface area contributed by atoms with Crippen molar-refractivity contribution in [3.05, 3.63) is 41.8 Å². The van der Waals surface area contributed by atoms with E-state index in [4.69, 9.17) is 0 Å². The van der Waals surface area contributed by atoms with Crippen LogP contribution in [0.5, 0.6) is 0 Å². The van der Waals surface area contributed by atoms with Gasteiger partial charge >= 0.3 is 6.03 Å². The van der Waals surface area contributed by atoms with Gasteiger partial charge in [0.2, 0.25) is 5.91 Å². The highest BCUT2D eigenvalue weighted by Crippen LogP contribution is 2.19. The number of aryl methyl sites for hydroxylation is 1. The molecule has 0 atom stereocenters. The standard InChI is InChI=1S/C16H18FN5O2/c1-11-9-14(22(20-11)13-6-3-2-5-12(13)17)19-15(23)10-21-8-4-7-18-16(21)24/h2-3,5-6,9H,4,7-8,10H2,1H3,(H,18,24)(H,19,23). The number of anilines is 1. The third-order valence-corrected chi connectivity index (χ3v) is 3.68. The minimum absolute atomic E-state index is 0.0622. The highest BCUT2D eigenvalue weighted by molar-refractivity contribution is 5.94. The zero-order chi connectivity index (χ0) is 17.1. The Bertz CT molecular complexity index is 774. The first kappa shape index (κ1) is 16.0. The van der Waals surface area contributed by atoms with Gasteiger partial charge in [0.25, 0.3) is 0 Å². The summed E-state index contributed by atoms with van der Waals surface area (Å²) in [5.41, 5.74) is 0.890. The lowest BCUT2D eigenvalue weighted by Gasteiger charge is -2.26. The van der Waals surface area contributed by atoms with E-state index in [1.807, 2.05) is 0 Å². The fraction of sp³-hybridized carbons (Fsp3) is 0.312. The van der Waals surface area contributed by atoms with Crippen molar-refractivity contribution in [2.45, 2.75) is 13.3 Å². The van der Waals surface area contributed by atoms with E-state index < -0.39 is 5.82 Å². The molecule has 0 aliphatic carbocycles. The third-order valence-electron chi connectivity index (χ3n) is 3.68. The summed E-state index contributed by atoms with van der Waals surface area (Å²) in [7, 11) is 0. The Labute approximate surface area is 138 Å². The van der Waals surface area contributed by atoms with Crippen LogP contribution >= 0.6 is 0 Å². The number of rotatable bonds is 4. The molecule has 126 valence electrons. The summed E-state index contributed by atoms with van der Waals surface area (Å²) in [6, 6.07) is 7.59. The molecule has 24 heavy (non-hydrogen) atoms. The van der Waals surface area contributed by atoms with Gasteiger partial charge < -0.3 is 15.5 Å². The van der Waals surface area contributed by atoms with Gasteiger partial charge in [0.05, 0.1) is 5.69 Å². The van der Waals surface area contributed by atoms with E-state index in [1.54, 1.807) is 31.2 Å². The van der Waals surface area contributed by atoms with E-state index >= 15 is 0 Å². The molecule has 2 N–H and O–H groups in total. The van der Waals surface area contributed by atoms with Crippen molar-refractivity contribution in [1.29, 1.82) is 0 Å². The molecule has 0 unspecified atom stereocenters. The fourth-order valence-corrected chi connectivity index (χ4v) is 2.58. The summed E-state index contributed by atoms with van der Waals surface area (Å²) in [5, 5.41) is 9.61. The highest BCUT2D eigenvalue weighted by atomic mass is 19.1. The molecular formula is C16H18FN5O2. The number of carbonyl (C=O) groups is 2. The molecule has 7 nitrogen and oxygen atoms in total. The highest BCUT2D eigenvalue weighted by Gasteiger charge is 2.21. The molecule has 1 fully saturated rings. The van der Waals surface area contributed by atoms with Crippen LogP contribution in [0.25, 0.3) is 5.69 Å². The van der Waals surface area contributed by atoms with E-state index in [-0.39, 0.29) is 24.2 Å². The predicted molar refractivity (Wildman–Crippen MR) is 86.5 cm³/mol. The average Bonchev–Trinajstić information content (AvgIpc) is 2.90. The van der Waals surface area contributed by atoms with Crippen molar-refractivity contribution >= 4 is 17.8 Å². The second-order valence-electron chi connectivity index (χ2n) is 5.59. The predicted octanol–water partition coefficient (Wildman–Crippen LogP) is 1.67. The number of nitrogens with zero attached hydrogens (tertiary/aromatic N) is 3. The van der Waals surface area contributed by atoms with E-state index in [9.17, 15) is 14.0 Å². The molecule has 1 aromatic carbocycles. The van der Waals surface area contributed by atoms with Gasteiger partial charge in [-0.1, -0.05) is 12.1 Å². The number of hydrogen-bond donors (Lipinski definition) is 2. The molecule has 3 rings (SSSR count). The van der Waals surface area contributed by atoms with Crippen molar-refractivity contribution in [3.8, 4) is 5.69 Å². The van der Waals surface area contributed by atoms with Crippen LogP contribution in [0.4, 0.5) is 15.0 Å². The van der Waals surface area contributed by atoms with Crippen molar-refractivity contribution in [2.75, 3.05) is 25.0 Å². The van der Waals surface area contributed by atoms with Crippen LogP contribution in [0.1, 0.15) is 12.1 Å². The van der Waals surface area contributed by atoms with E-state index in [2.05, 4.69) is 15.7 Å². The fourth-order valence-electron chi connectivity index (χ4n) is 2.58. The molecule has 2 heterocycles. The Morgan fingerprint density at radius 2 is 2.21 bits per heavy atom. The number of amides is 3. The molecule has 1 aromatic heterocycles. The number of carbonyl (C=O) groups excluding carboxylic acids is 2. The largest absolute Gasteiger partial charge is 0.338 e. The topological polar surface area (TPSA) is 79.3 Å². The summed E-state index contributed by atoms with van der Waals surface area (Å²) < 4.78 is 15.3. The second-order valence-corrected chi connectivity index (χ2v) is 5.59. The van der Waals surface area contributed by atoms with E-state index in [1.165, 1.54) is 15.6 Å². The molecule has 0 radical (unpaired) electrons. The summed E-state index contributed by atoms with van der Waals surface area (Å²) in [5.74, 6) is -0.434. The van der Waals surface area contributed by atoms with Gasteiger partial charge in [-0.25, -0.2) is 13.9 Å². The smallest absolute Gasteiger partial charge is 0.317 e. The first-order chi connectivity index (χ1) is 11.5. The monoisotopic (exact) mass is 331 g/mol. The quantitative estimate of drug-likeness (QED) is 0.894. The van der Waals surface area contributed by atoms with Gasteiger partial charge in [0.1, 0.15) is 23.9 Å². The molecule has 1 aliphatic heterocycles. The van der Waals surface area contributed by atoms with Gasteiger partial charge in [-0.3, -0.25) is 4.79 Å². The molecule has 0 saturated carbocycles. The Hall–Kier alpha value is -2.90. The average molecular weight is 331 g/mol. The van der Waals surface area contributed by atoms with Crippen LogP contribution in [0, 0.1) is 12.7 Å². The van der Waals surface area contributed by atoms with Crippen LogP contribution < -0.4 is 10.6 Å². The Balaban J connectivity index is 1.77. The van der Waals surface area contributed by atoms with Crippen LogP contribution in [0.3, 0.4) is 0 Å². The van der Waals surface area contributed by atoms with Crippen LogP contribution in [0.15, 0.2) is 30.3 Å². The summed E-state index contributed by atoms with van der Waals surface area (Å²) >= 11 is 0. The Kier molecular flexibility index (Phi) is 4.45. The molecule has 3 amide bonds. The zero-order valence-corrected chi connectivity index (χ0v) is 13.3. The van der Waals surface area contributed by atoms with Crippen molar-refractivity contribution in [2.24, 2.45) is 0 Å². The maximum absolute atomic E-state index is 14.0. The van der Waals surface area contributed by atoms with Crippen molar-refractivity contribution in [1.82, 2.24) is 20.0 Å². The first-order valence-electron chi connectivity index (χ1n) is 7.69. The lowest BCUT2D eigenvalue weighted by Crippen LogP contribution is -2.49. The van der Waals surface area contributed by atoms with Gasteiger partial charge in [-0.2, -0.15) is 5.10 Å². The van der Waals surface area contributed by atoms with Gasteiger partial charge in [-0.05, 0) is 25.5 Å². The number of benzene rings is 1. The summed E-state index contributed by atoms with van der Waals surface area (Å²) in [6.07, 6.45) is 0.797. The molecule has 8 heteroatoms. The summed E-state index contributed by atoms with van der Waals surface area (Å²) in [6.45, 7) is 2.85. The lowest BCUT2D eigenvalue weighted by atomic mass is 10.3. The molecule has 1 aliphatic rings. The normalized spacial score (nSPS) is 14.4. The number of para-hydroxylation sites is 1. The Morgan fingerprint density at radius 3 is 2.96 bits per heavy atom. The van der Waals surface area contributed by atoms with E-state index in [0.29, 0.717) is 24.6 Å². The SMILES string of the molecule is Cc1cc(NC(=O)CN2CCCNC2=O)n(-c2ccccc2F)n1. The number of hydrogen-bond acceptors (Lipinski definition) is 3. The van der Waals surface area contributed by atoms with Crippen LogP contribution in [-0.2, 0) is 4.79 Å². The lowest BCUT2D eigenvalue weighted by molar-refractivity contribution is -0.116. The molecule has 0 spiro atoms. The maximum atomic E-state index is 14.0. The van der Waals surface area contributed by atoms with Gasteiger partial charge in [0.15, 0.2) is 0 Å². The number of urea groups is 1. The van der Waals surface area contributed by atoms with E-state index in [0.717, 1.165) is 6.42 Å². The number of aromatic nitrogens is 2. The molecule has 0 bridgehead atoms. The third kappa shape index (κ3) is 3.37. The van der Waals surface area contributed by atoms with Crippen LogP contribution in [-0.4, -0.2) is 46.3 Å². The van der Waals surface area contributed by atoms with Crippen LogP contribution in [0.2, 0.25) is 0 Å². The molecular weight excluding hydrogens is 313 g/mol. The second kappa shape index (κ2) is 6.69. The first-order valence-corrected chi connectivity index (χ1v) is 7.69. The Morgan fingerprint density at radius 1 is 1.42 bits per heavy atom. The van der Waals surface area contributed by atoms with Gasteiger partial charge in [0, 0.05) is 19.2 Å². The minimum Gasteiger partial charge on any atom is -0.338 e. The maximum Gasteiger partial charge on any atom is 0.317 e. The number of halogens is 1. The minimum atomic E-state index is -0.438.